The molecule has 3 rings (SSSR count). The molecule has 1 aromatic rings. The molecule has 2 atom stereocenters. The highest BCUT2D eigenvalue weighted by Crippen LogP contribution is 2.49. The minimum Gasteiger partial charge on any atom is -0.484 e. The van der Waals surface area contributed by atoms with Crippen molar-refractivity contribution < 1.29 is 15.1 Å². The Bertz CT molecular complexity index is 597. The van der Waals surface area contributed by atoms with Crippen LogP contribution in [0.3, 0.4) is 0 Å². The van der Waals surface area contributed by atoms with Gasteiger partial charge in [-0.05, 0) is 54.2 Å². The Morgan fingerprint density at radius 1 is 1.22 bits per heavy atom. The van der Waals surface area contributed by atoms with Crippen LogP contribution in [0.1, 0.15) is 81.0 Å². The summed E-state index contributed by atoms with van der Waals surface area (Å²) in [6.45, 7) is 9.14. The van der Waals surface area contributed by atoms with E-state index >= 15 is 0 Å². The molecule has 0 saturated heterocycles. The van der Waals surface area contributed by atoms with E-state index in [9.17, 15) is 10.3 Å². The maximum Gasteiger partial charge on any atom is 0.135 e. The fraction of sp³-hybridized carbons (Fsp3) is 0.684. The fourth-order valence-electron chi connectivity index (χ4n) is 4.06. The van der Waals surface area contributed by atoms with Gasteiger partial charge in [-0.1, -0.05) is 33.8 Å². The van der Waals surface area contributed by atoms with Gasteiger partial charge in [0.15, 0.2) is 0 Å². The van der Waals surface area contributed by atoms with Crippen LogP contribution in [0, 0.1) is 0 Å². The summed E-state index contributed by atoms with van der Waals surface area (Å²) in [6.07, 6.45) is 3.20. The Labute approximate surface area is 138 Å². The van der Waals surface area contributed by atoms with Crippen molar-refractivity contribution in [1.82, 2.24) is 5.48 Å². The quantitative estimate of drug-likeness (QED) is 0.742. The summed E-state index contributed by atoms with van der Waals surface area (Å²) < 4.78 is 6.43. The summed E-state index contributed by atoms with van der Waals surface area (Å²) in [6, 6.07) is 2.29. The lowest BCUT2D eigenvalue weighted by molar-refractivity contribution is -0.136. The molecule has 128 valence electrons. The second-order valence-corrected chi connectivity index (χ2v) is 7.71. The van der Waals surface area contributed by atoms with Gasteiger partial charge >= 0.3 is 0 Å². The van der Waals surface area contributed by atoms with E-state index in [4.69, 9.17) is 4.74 Å². The minimum atomic E-state index is -0.402. The second kappa shape index (κ2) is 6.08. The van der Waals surface area contributed by atoms with Gasteiger partial charge in [-0.2, -0.15) is 0 Å². The van der Waals surface area contributed by atoms with Crippen molar-refractivity contribution in [3.05, 3.63) is 28.3 Å². The van der Waals surface area contributed by atoms with Crippen LogP contribution in [0.2, 0.25) is 0 Å². The van der Waals surface area contributed by atoms with Crippen LogP contribution in [-0.4, -0.2) is 22.0 Å². The summed E-state index contributed by atoms with van der Waals surface area (Å²) in [5.74, 6) is 1.70. The average Bonchev–Trinajstić information content (AvgIpc) is 2.52. The van der Waals surface area contributed by atoms with Gasteiger partial charge in [-0.15, -0.1) is 0 Å². The predicted molar refractivity (Wildman–Crippen MR) is 90.2 cm³/mol. The number of nitrogens with one attached hydrogen (secondary N) is 1. The Balaban J connectivity index is 2.15. The van der Waals surface area contributed by atoms with Gasteiger partial charge in [0.25, 0.3) is 0 Å². The highest BCUT2D eigenvalue weighted by molar-refractivity contribution is 5.54. The van der Waals surface area contributed by atoms with Gasteiger partial charge in [0.05, 0.1) is 6.10 Å². The number of aliphatic hydroxyl groups is 1. The zero-order valence-electron chi connectivity index (χ0n) is 14.6. The summed E-state index contributed by atoms with van der Waals surface area (Å²) >= 11 is 0. The predicted octanol–water partition coefficient (Wildman–Crippen LogP) is 3.63. The Morgan fingerprint density at radius 2 is 1.91 bits per heavy atom. The fourth-order valence-corrected chi connectivity index (χ4v) is 4.06. The minimum absolute atomic E-state index is 0.356. The number of hydroxylamine groups is 1. The molecule has 1 spiro atoms. The SMILES string of the molecule is CC(C)c1cc(C(C)C)c(CNO)c2c1CCC1(CCC1O)O2. The number of ether oxygens (including phenoxy) is 1. The molecule has 2 unspecified atom stereocenters. The van der Waals surface area contributed by atoms with E-state index in [2.05, 4.69) is 39.2 Å². The molecule has 1 aliphatic carbocycles. The maximum atomic E-state index is 10.2. The number of fused-ring (bicyclic) bond motifs is 1. The number of hydrogen-bond donors (Lipinski definition) is 3. The first-order valence-electron chi connectivity index (χ1n) is 8.82. The number of hydrogen-bond acceptors (Lipinski definition) is 4. The number of rotatable bonds is 4. The van der Waals surface area contributed by atoms with Crippen molar-refractivity contribution in [3.63, 3.8) is 0 Å². The van der Waals surface area contributed by atoms with Crippen molar-refractivity contribution in [1.29, 1.82) is 0 Å². The molecule has 0 radical (unpaired) electrons. The Kier molecular flexibility index (Phi) is 4.43. The van der Waals surface area contributed by atoms with Crippen LogP contribution >= 0.6 is 0 Å². The molecule has 1 saturated carbocycles. The normalized spacial score (nSPS) is 26.3. The Morgan fingerprint density at radius 3 is 2.39 bits per heavy atom. The van der Waals surface area contributed by atoms with Crippen LogP contribution < -0.4 is 10.2 Å². The van der Waals surface area contributed by atoms with E-state index in [1.165, 1.54) is 16.7 Å². The molecular formula is C19H29NO3. The topological polar surface area (TPSA) is 61.7 Å². The van der Waals surface area contributed by atoms with Crippen molar-refractivity contribution in [3.8, 4) is 5.75 Å². The number of aliphatic hydroxyl groups excluding tert-OH is 1. The standard InChI is InChI=1S/C19H29NO3/c1-11(2)14-9-15(12(3)4)16(10-20-22)18-13(14)5-7-19(23-18)8-6-17(19)21/h9,11-12,17,20-22H,5-8,10H2,1-4H3. The van der Waals surface area contributed by atoms with Gasteiger partial charge in [0, 0.05) is 12.1 Å². The van der Waals surface area contributed by atoms with Gasteiger partial charge in [-0.25, -0.2) is 5.48 Å². The molecule has 4 nitrogen and oxygen atoms in total. The Hall–Kier alpha value is -1.10. The first-order valence-corrected chi connectivity index (χ1v) is 8.82. The molecular weight excluding hydrogens is 290 g/mol. The monoisotopic (exact) mass is 319 g/mol. The first kappa shape index (κ1) is 16.7. The molecule has 4 heteroatoms. The van der Waals surface area contributed by atoms with Crippen LogP contribution in [0.4, 0.5) is 0 Å². The van der Waals surface area contributed by atoms with Crippen molar-refractivity contribution in [2.24, 2.45) is 0 Å². The summed E-state index contributed by atoms with van der Waals surface area (Å²) in [7, 11) is 0. The lowest BCUT2D eigenvalue weighted by Crippen LogP contribution is -2.57. The van der Waals surface area contributed by atoms with Crippen molar-refractivity contribution >= 4 is 0 Å². The lowest BCUT2D eigenvalue weighted by Gasteiger charge is -2.50. The zero-order valence-corrected chi connectivity index (χ0v) is 14.6. The van der Waals surface area contributed by atoms with Gasteiger partial charge in [-0.3, -0.25) is 0 Å². The van der Waals surface area contributed by atoms with E-state index < -0.39 is 5.60 Å². The largest absolute Gasteiger partial charge is 0.484 e. The van der Waals surface area contributed by atoms with Crippen LogP contribution in [-0.2, 0) is 13.0 Å². The average molecular weight is 319 g/mol. The third kappa shape index (κ3) is 2.67. The summed E-state index contributed by atoms with van der Waals surface area (Å²) in [4.78, 5) is 0. The molecule has 1 aliphatic heterocycles. The third-order valence-corrected chi connectivity index (χ3v) is 5.61. The highest BCUT2D eigenvalue weighted by atomic mass is 16.5. The summed E-state index contributed by atoms with van der Waals surface area (Å²) in [5.41, 5.74) is 6.78. The van der Waals surface area contributed by atoms with Crippen LogP contribution in [0.15, 0.2) is 6.07 Å². The zero-order chi connectivity index (χ0) is 16.8. The van der Waals surface area contributed by atoms with Crippen molar-refractivity contribution in [2.45, 2.75) is 83.5 Å². The molecule has 0 aromatic heterocycles. The molecule has 1 fully saturated rings. The second-order valence-electron chi connectivity index (χ2n) is 7.71. The van der Waals surface area contributed by atoms with Crippen LogP contribution in [0.25, 0.3) is 0 Å². The molecule has 0 bridgehead atoms. The molecule has 23 heavy (non-hydrogen) atoms. The molecule has 1 aromatic carbocycles. The van der Waals surface area contributed by atoms with E-state index in [0.29, 0.717) is 18.4 Å². The number of benzene rings is 1. The van der Waals surface area contributed by atoms with E-state index in [1.807, 2.05) is 0 Å². The van der Waals surface area contributed by atoms with Crippen LogP contribution in [0.5, 0.6) is 5.75 Å². The first-order chi connectivity index (χ1) is 10.9. The molecule has 3 N–H and O–H groups in total. The molecule has 2 aliphatic rings. The maximum absolute atomic E-state index is 10.2. The van der Waals surface area contributed by atoms with Gasteiger partial charge in [0.2, 0.25) is 0 Å². The lowest BCUT2D eigenvalue weighted by atomic mass is 9.70. The highest BCUT2D eigenvalue weighted by Gasteiger charge is 2.50. The van der Waals surface area contributed by atoms with Gasteiger partial charge < -0.3 is 15.1 Å². The van der Waals surface area contributed by atoms with E-state index in [-0.39, 0.29) is 6.10 Å². The van der Waals surface area contributed by atoms with Gasteiger partial charge in [0.1, 0.15) is 11.4 Å². The van der Waals surface area contributed by atoms with E-state index in [0.717, 1.165) is 37.0 Å². The third-order valence-electron chi connectivity index (χ3n) is 5.61. The smallest absolute Gasteiger partial charge is 0.135 e. The molecule has 1 heterocycles. The summed E-state index contributed by atoms with van der Waals surface area (Å²) in [5, 5.41) is 19.5. The van der Waals surface area contributed by atoms with Crippen molar-refractivity contribution in [2.75, 3.05) is 0 Å². The molecule has 0 amide bonds. The van der Waals surface area contributed by atoms with E-state index in [1.54, 1.807) is 0 Å².